The number of hydrogen-bond acceptors (Lipinski definition) is 4. The lowest BCUT2D eigenvalue weighted by atomic mass is 10.1. The molecule has 0 fully saturated rings. The Morgan fingerprint density at radius 1 is 1.08 bits per heavy atom. The van der Waals surface area contributed by atoms with Gasteiger partial charge in [-0.3, -0.25) is 0 Å². The third-order valence-corrected chi connectivity index (χ3v) is 4.74. The Hall–Kier alpha value is -2.21. The summed E-state index contributed by atoms with van der Waals surface area (Å²) in [6, 6.07) is 0.232. The molecule has 4 aromatic rings. The molecule has 0 spiro atoms. The van der Waals surface area contributed by atoms with Gasteiger partial charge in [-0.2, -0.15) is 10.2 Å². The first-order valence-corrected chi connectivity index (χ1v) is 8.66. The number of hydrogen-bond donors (Lipinski definition) is 0. The van der Waals surface area contributed by atoms with E-state index < -0.39 is 0 Å². The van der Waals surface area contributed by atoms with E-state index >= 15 is 0 Å². The predicted octanol–water partition coefficient (Wildman–Crippen LogP) is 3.99. The highest BCUT2D eigenvalue weighted by molar-refractivity contribution is 6.35. The van der Waals surface area contributed by atoms with E-state index in [1.165, 1.54) is 0 Å². The maximum absolute atomic E-state index is 6.47. The van der Waals surface area contributed by atoms with Gasteiger partial charge >= 0.3 is 0 Å². The number of aromatic nitrogens is 6. The van der Waals surface area contributed by atoms with E-state index in [9.17, 15) is 0 Å². The number of fused-ring (bicyclic) bond motifs is 5. The van der Waals surface area contributed by atoms with E-state index in [0.29, 0.717) is 5.15 Å². The highest BCUT2D eigenvalue weighted by Gasteiger charge is 2.19. The maximum atomic E-state index is 6.47. The van der Waals surface area contributed by atoms with E-state index in [1.54, 1.807) is 6.20 Å². The van der Waals surface area contributed by atoms with Crippen molar-refractivity contribution in [3.05, 3.63) is 28.8 Å². The average Bonchev–Trinajstić information content (AvgIpc) is 3.15. The summed E-state index contributed by atoms with van der Waals surface area (Å²) in [5.41, 5.74) is 4.82. The van der Waals surface area contributed by atoms with Crippen molar-refractivity contribution in [1.29, 1.82) is 0 Å². The van der Waals surface area contributed by atoms with Crippen LogP contribution in [-0.2, 0) is 12.8 Å². The van der Waals surface area contributed by atoms with Crippen LogP contribution in [0.4, 0.5) is 0 Å². The van der Waals surface area contributed by atoms with Crippen LogP contribution in [0.3, 0.4) is 0 Å². The molecule has 24 heavy (non-hydrogen) atoms. The molecular weight excluding hydrogens is 324 g/mol. The van der Waals surface area contributed by atoms with Crippen LogP contribution in [0.2, 0.25) is 5.15 Å². The van der Waals surface area contributed by atoms with Gasteiger partial charge in [-0.25, -0.2) is 19.2 Å². The van der Waals surface area contributed by atoms with Crippen LogP contribution < -0.4 is 0 Å². The van der Waals surface area contributed by atoms with Crippen molar-refractivity contribution in [1.82, 2.24) is 29.4 Å². The van der Waals surface area contributed by atoms with E-state index in [0.717, 1.165) is 51.7 Å². The molecule has 0 aliphatic heterocycles. The van der Waals surface area contributed by atoms with E-state index in [1.807, 2.05) is 15.4 Å². The zero-order chi connectivity index (χ0) is 17.0. The fraction of sp³-hybridized carbons (Fsp3) is 0.412. The Morgan fingerprint density at radius 2 is 1.88 bits per heavy atom. The van der Waals surface area contributed by atoms with Crippen LogP contribution >= 0.6 is 11.6 Å². The second-order valence-corrected chi connectivity index (χ2v) is 6.57. The quantitative estimate of drug-likeness (QED) is 0.528. The minimum atomic E-state index is 0.232. The molecular formula is C17H19ClN6. The third-order valence-electron chi connectivity index (χ3n) is 4.45. The van der Waals surface area contributed by atoms with Gasteiger partial charge in [-0.1, -0.05) is 25.4 Å². The second kappa shape index (κ2) is 5.41. The zero-order valence-electron chi connectivity index (χ0n) is 14.2. The lowest BCUT2D eigenvalue weighted by Crippen LogP contribution is -2.04. The highest BCUT2D eigenvalue weighted by atomic mass is 35.5. The molecule has 0 unspecified atom stereocenters. The van der Waals surface area contributed by atoms with Crippen molar-refractivity contribution in [2.45, 2.75) is 46.6 Å². The van der Waals surface area contributed by atoms with Gasteiger partial charge in [0.05, 0.1) is 28.2 Å². The Kier molecular flexibility index (Phi) is 3.46. The maximum Gasteiger partial charge on any atom is 0.160 e. The summed E-state index contributed by atoms with van der Waals surface area (Å²) in [6.07, 6.45) is 5.36. The summed E-state index contributed by atoms with van der Waals surface area (Å²) >= 11 is 6.47. The lowest BCUT2D eigenvalue weighted by Gasteiger charge is -2.08. The number of aryl methyl sites for hydroxylation is 2. The van der Waals surface area contributed by atoms with Crippen LogP contribution in [0, 0.1) is 0 Å². The van der Waals surface area contributed by atoms with Crippen LogP contribution in [0.25, 0.3) is 27.6 Å². The Morgan fingerprint density at radius 3 is 2.54 bits per heavy atom. The van der Waals surface area contributed by atoms with E-state index in [4.69, 9.17) is 16.7 Å². The molecule has 0 saturated heterocycles. The standard InChI is InChI=1S/C17H19ClN6/c1-5-10-13(6-2)22-24-14-11(15(18)21-17(10)24)7-19-16-12(14)8-20-23(16)9(3)4/h7-9H,5-6H2,1-4H3. The first-order valence-electron chi connectivity index (χ1n) is 8.28. The van der Waals surface area contributed by atoms with Gasteiger partial charge in [-0.05, 0) is 26.7 Å². The second-order valence-electron chi connectivity index (χ2n) is 6.21. The smallest absolute Gasteiger partial charge is 0.160 e. The van der Waals surface area contributed by atoms with Gasteiger partial charge in [-0.15, -0.1) is 0 Å². The van der Waals surface area contributed by atoms with Crippen molar-refractivity contribution in [2.75, 3.05) is 0 Å². The summed E-state index contributed by atoms with van der Waals surface area (Å²) in [4.78, 5) is 9.15. The molecule has 0 aliphatic carbocycles. The summed E-state index contributed by atoms with van der Waals surface area (Å²) in [6.45, 7) is 8.41. The molecule has 124 valence electrons. The molecule has 0 bridgehead atoms. The largest absolute Gasteiger partial charge is 0.245 e. The minimum absolute atomic E-state index is 0.232. The Balaban J connectivity index is 2.24. The Bertz CT molecular complexity index is 1080. The van der Waals surface area contributed by atoms with Gasteiger partial charge in [0, 0.05) is 17.8 Å². The summed E-state index contributed by atoms with van der Waals surface area (Å²) in [7, 11) is 0. The average molecular weight is 343 g/mol. The molecule has 0 radical (unpaired) electrons. The monoisotopic (exact) mass is 342 g/mol. The van der Waals surface area contributed by atoms with Crippen molar-refractivity contribution >= 4 is 39.2 Å². The summed E-state index contributed by atoms with van der Waals surface area (Å²) < 4.78 is 3.83. The number of pyridine rings is 1. The highest BCUT2D eigenvalue weighted by Crippen LogP contribution is 2.31. The first-order chi connectivity index (χ1) is 11.6. The Labute approximate surface area is 144 Å². The van der Waals surface area contributed by atoms with Gasteiger partial charge in [0.25, 0.3) is 0 Å². The van der Waals surface area contributed by atoms with Crippen LogP contribution in [0.1, 0.15) is 45.0 Å². The van der Waals surface area contributed by atoms with Gasteiger partial charge < -0.3 is 0 Å². The molecule has 7 heteroatoms. The zero-order valence-corrected chi connectivity index (χ0v) is 15.0. The topological polar surface area (TPSA) is 60.9 Å². The lowest BCUT2D eigenvalue weighted by molar-refractivity contribution is 0.546. The molecule has 6 nitrogen and oxygen atoms in total. The van der Waals surface area contributed by atoms with Crippen LogP contribution in [0.15, 0.2) is 12.4 Å². The summed E-state index contributed by atoms with van der Waals surface area (Å²) in [5, 5.41) is 11.5. The van der Waals surface area contributed by atoms with Gasteiger partial charge in [0.1, 0.15) is 5.15 Å². The fourth-order valence-corrected chi connectivity index (χ4v) is 3.51. The van der Waals surface area contributed by atoms with Crippen LogP contribution in [0.5, 0.6) is 0 Å². The number of rotatable bonds is 3. The number of nitrogens with zero attached hydrogens (tertiary/aromatic N) is 6. The molecule has 0 aromatic carbocycles. The van der Waals surface area contributed by atoms with E-state index in [-0.39, 0.29) is 6.04 Å². The van der Waals surface area contributed by atoms with E-state index in [2.05, 4.69) is 42.8 Å². The molecule has 4 heterocycles. The third kappa shape index (κ3) is 1.95. The molecule has 0 atom stereocenters. The van der Waals surface area contributed by atoms with Gasteiger partial charge in [0.2, 0.25) is 0 Å². The molecule has 0 saturated carbocycles. The first kappa shape index (κ1) is 15.3. The molecule has 4 aromatic heterocycles. The van der Waals surface area contributed by atoms with Crippen molar-refractivity contribution in [3.8, 4) is 0 Å². The van der Waals surface area contributed by atoms with Gasteiger partial charge in [0.15, 0.2) is 11.3 Å². The summed E-state index contributed by atoms with van der Waals surface area (Å²) in [5.74, 6) is 0. The SMILES string of the molecule is CCc1nn2c(nc(Cl)c3cnc4c(cnn4C(C)C)c32)c1CC. The molecule has 0 N–H and O–H groups in total. The van der Waals surface area contributed by atoms with Crippen LogP contribution in [-0.4, -0.2) is 29.4 Å². The fourth-order valence-electron chi connectivity index (χ4n) is 3.30. The number of halogens is 1. The van der Waals surface area contributed by atoms with Crippen molar-refractivity contribution < 1.29 is 0 Å². The van der Waals surface area contributed by atoms with Crippen molar-refractivity contribution in [2.24, 2.45) is 0 Å². The molecule has 4 rings (SSSR count). The predicted molar refractivity (Wildman–Crippen MR) is 95.7 cm³/mol. The minimum Gasteiger partial charge on any atom is -0.245 e. The molecule has 0 amide bonds. The normalized spacial score (nSPS) is 12.2. The molecule has 0 aliphatic rings. The van der Waals surface area contributed by atoms with Crippen molar-refractivity contribution in [3.63, 3.8) is 0 Å².